The quantitative estimate of drug-likeness (QED) is 0.231. The maximum atomic E-state index is 13.3. The van der Waals surface area contributed by atoms with E-state index < -0.39 is 16.7 Å². The first-order chi connectivity index (χ1) is 17.3. The van der Waals surface area contributed by atoms with Gasteiger partial charge in [-0.3, -0.25) is 19.8 Å². The predicted molar refractivity (Wildman–Crippen MR) is 145 cm³/mol. The highest BCUT2D eigenvalue weighted by atomic mass is 35.5. The van der Waals surface area contributed by atoms with Crippen molar-refractivity contribution in [3.05, 3.63) is 80.4 Å². The zero-order valence-electron chi connectivity index (χ0n) is 19.7. The first-order valence-corrected chi connectivity index (χ1v) is 13.1. The summed E-state index contributed by atoms with van der Waals surface area (Å²) in [5, 5.41) is 4.79. The summed E-state index contributed by atoms with van der Waals surface area (Å²) in [7, 11) is 1.51. The number of methoxy groups -OCH3 is 1. The molecule has 0 radical (unpaired) electrons. The van der Waals surface area contributed by atoms with Crippen molar-refractivity contribution in [2.45, 2.75) is 30.7 Å². The molecule has 1 unspecified atom stereocenters. The Bertz CT molecular complexity index is 1500. The second-order valence-corrected chi connectivity index (χ2v) is 10.3. The molecule has 0 bridgehead atoms. The molecule has 0 fully saturated rings. The van der Waals surface area contributed by atoms with E-state index >= 15 is 0 Å². The van der Waals surface area contributed by atoms with Crippen molar-refractivity contribution in [3.8, 4) is 5.75 Å². The molecule has 186 valence electrons. The van der Waals surface area contributed by atoms with Crippen LogP contribution in [0.3, 0.4) is 0 Å². The van der Waals surface area contributed by atoms with E-state index in [9.17, 15) is 14.4 Å². The van der Waals surface area contributed by atoms with E-state index in [2.05, 4.69) is 15.7 Å². The Morgan fingerprint density at radius 1 is 1.22 bits per heavy atom. The van der Waals surface area contributed by atoms with E-state index in [-0.39, 0.29) is 11.1 Å². The fraction of sp³-hybridized carbons (Fsp3) is 0.200. The molecule has 2 heterocycles. The molecule has 8 nitrogen and oxygen atoms in total. The second kappa shape index (κ2) is 11.2. The molecule has 0 spiro atoms. The van der Waals surface area contributed by atoms with Crippen molar-refractivity contribution in [1.82, 2.24) is 9.66 Å². The molecule has 0 saturated heterocycles. The number of rotatable bonds is 8. The van der Waals surface area contributed by atoms with Crippen LogP contribution in [0.15, 0.2) is 63.9 Å². The van der Waals surface area contributed by atoms with Gasteiger partial charge in [-0.2, -0.15) is 4.68 Å². The van der Waals surface area contributed by atoms with Gasteiger partial charge in [0.1, 0.15) is 10.4 Å². The van der Waals surface area contributed by atoms with E-state index in [0.717, 1.165) is 22.0 Å². The number of aryl methyl sites for hydroxylation is 1. The van der Waals surface area contributed by atoms with Crippen LogP contribution in [0.4, 0.5) is 5.69 Å². The van der Waals surface area contributed by atoms with E-state index in [4.69, 9.17) is 16.3 Å². The van der Waals surface area contributed by atoms with Gasteiger partial charge in [0.05, 0.1) is 17.9 Å². The highest BCUT2D eigenvalue weighted by Gasteiger charge is 2.24. The fourth-order valence-electron chi connectivity index (χ4n) is 3.39. The molecule has 2 N–H and O–H groups in total. The van der Waals surface area contributed by atoms with Crippen molar-refractivity contribution in [2.24, 2.45) is 0 Å². The number of thioether (sulfide) groups is 1. The minimum Gasteiger partial charge on any atom is -0.497 e. The Hall–Kier alpha value is -3.34. The summed E-state index contributed by atoms with van der Waals surface area (Å²) in [6.45, 7) is 3.74. The summed E-state index contributed by atoms with van der Waals surface area (Å²) in [6, 6.07) is 13.6. The largest absolute Gasteiger partial charge is 0.497 e. The molecule has 4 aromatic rings. The summed E-state index contributed by atoms with van der Waals surface area (Å²) in [4.78, 5) is 44.0. The first kappa shape index (κ1) is 25.7. The average molecular weight is 543 g/mol. The molecular weight excluding hydrogens is 520 g/mol. The number of hydrogen-bond acceptors (Lipinski definition) is 7. The van der Waals surface area contributed by atoms with Crippen molar-refractivity contribution in [3.63, 3.8) is 0 Å². The van der Waals surface area contributed by atoms with Crippen molar-refractivity contribution in [2.75, 3.05) is 17.9 Å². The number of halogens is 1. The van der Waals surface area contributed by atoms with Gasteiger partial charge in [-0.25, -0.2) is 4.98 Å². The third-order valence-corrected chi connectivity index (χ3v) is 7.81. The Balaban J connectivity index is 1.66. The number of ether oxygens (including phenoxy) is 1. The van der Waals surface area contributed by atoms with Crippen molar-refractivity contribution < 1.29 is 14.3 Å². The molecule has 36 heavy (non-hydrogen) atoms. The number of anilines is 1. The van der Waals surface area contributed by atoms with Crippen LogP contribution in [0.5, 0.6) is 5.75 Å². The van der Waals surface area contributed by atoms with Crippen molar-refractivity contribution in [1.29, 1.82) is 0 Å². The Labute approximate surface area is 220 Å². The molecule has 0 aliphatic heterocycles. The summed E-state index contributed by atoms with van der Waals surface area (Å²) >= 11 is 8.43. The number of nitrogens with zero attached hydrogens (tertiary/aromatic N) is 2. The maximum absolute atomic E-state index is 13.3. The lowest BCUT2D eigenvalue weighted by Crippen LogP contribution is -2.36. The van der Waals surface area contributed by atoms with Gasteiger partial charge in [-0.05, 0) is 60.7 Å². The van der Waals surface area contributed by atoms with Crippen LogP contribution in [0.2, 0.25) is 5.02 Å². The molecule has 0 aliphatic rings. The van der Waals surface area contributed by atoms with Gasteiger partial charge in [0.25, 0.3) is 11.5 Å². The summed E-state index contributed by atoms with van der Waals surface area (Å²) in [5.41, 5.74) is 4.51. The van der Waals surface area contributed by atoms with Crippen LogP contribution in [0.25, 0.3) is 10.2 Å². The van der Waals surface area contributed by atoms with Crippen LogP contribution in [0, 0.1) is 6.92 Å². The summed E-state index contributed by atoms with van der Waals surface area (Å²) in [6.07, 6.45) is 0.456. The molecule has 2 aromatic heterocycles. The van der Waals surface area contributed by atoms with Crippen LogP contribution < -0.4 is 21.0 Å². The Kier molecular flexibility index (Phi) is 7.97. The van der Waals surface area contributed by atoms with Crippen LogP contribution in [0.1, 0.15) is 29.3 Å². The lowest BCUT2D eigenvalue weighted by Gasteiger charge is -2.18. The number of carbonyl (C=O) groups excluding carboxylic acids is 2. The Morgan fingerprint density at radius 2 is 2.03 bits per heavy atom. The normalized spacial score (nSPS) is 11.8. The average Bonchev–Trinajstić information content (AvgIpc) is 3.35. The van der Waals surface area contributed by atoms with E-state index in [1.54, 1.807) is 47.8 Å². The highest BCUT2D eigenvalue weighted by Crippen LogP contribution is 2.28. The number of amides is 2. The zero-order valence-corrected chi connectivity index (χ0v) is 22.1. The van der Waals surface area contributed by atoms with Gasteiger partial charge in [-0.1, -0.05) is 42.4 Å². The van der Waals surface area contributed by atoms with Crippen molar-refractivity contribution >= 4 is 62.4 Å². The number of fused-ring (bicyclic) bond motifs is 1. The fourth-order valence-corrected chi connectivity index (χ4v) is 5.30. The number of nitrogens with one attached hydrogen (secondary N) is 2. The molecule has 4 rings (SSSR count). The predicted octanol–water partition coefficient (Wildman–Crippen LogP) is 5.32. The molecule has 0 aliphatic carbocycles. The standard InChI is InChI=1S/C25H23ClN4O4S2/c1-4-20(23(32)27-19-13-16(26)9-8-14(19)2)36-25-28-18-10-11-35-21(18)24(33)30(25)29-22(31)15-6-5-7-17(12-15)34-3/h5-13,20H,4H2,1-3H3,(H,27,32)(H,29,31). The minimum atomic E-state index is -0.591. The van der Waals surface area contributed by atoms with E-state index in [1.165, 1.54) is 18.4 Å². The third-order valence-electron chi connectivity index (χ3n) is 5.36. The molecule has 2 amide bonds. The number of aromatic nitrogens is 2. The Morgan fingerprint density at radius 3 is 2.78 bits per heavy atom. The van der Waals surface area contributed by atoms with E-state index in [0.29, 0.717) is 38.7 Å². The number of hydrogen-bond donors (Lipinski definition) is 2. The summed E-state index contributed by atoms with van der Waals surface area (Å²) < 4.78 is 6.70. The smallest absolute Gasteiger partial charge is 0.291 e. The van der Waals surface area contributed by atoms with Crippen LogP contribution in [-0.4, -0.2) is 33.8 Å². The lowest BCUT2D eigenvalue weighted by atomic mass is 10.2. The second-order valence-electron chi connectivity index (χ2n) is 7.81. The van der Waals surface area contributed by atoms with Crippen LogP contribution in [-0.2, 0) is 4.79 Å². The number of thiophene rings is 1. The van der Waals surface area contributed by atoms with E-state index in [1.807, 2.05) is 19.9 Å². The molecule has 2 aromatic carbocycles. The topological polar surface area (TPSA) is 102 Å². The third kappa shape index (κ3) is 5.56. The van der Waals surface area contributed by atoms with Gasteiger partial charge in [-0.15, -0.1) is 11.3 Å². The summed E-state index contributed by atoms with van der Waals surface area (Å²) in [5.74, 6) is -0.267. The first-order valence-electron chi connectivity index (χ1n) is 11.0. The minimum absolute atomic E-state index is 0.201. The monoisotopic (exact) mass is 542 g/mol. The number of carbonyl (C=O) groups is 2. The molecule has 0 saturated carbocycles. The SMILES string of the molecule is CCC(Sc1nc2ccsc2c(=O)n1NC(=O)c1cccc(OC)c1)C(=O)Nc1cc(Cl)ccc1C. The van der Waals surface area contributed by atoms with Crippen LogP contribution >= 0.6 is 34.7 Å². The van der Waals surface area contributed by atoms with Gasteiger partial charge < -0.3 is 10.1 Å². The lowest BCUT2D eigenvalue weighted by molar-refractivity contribution is -0.115. The molecule has 1 atom stereocenters. The number of benzene rings is 2. The highest BCUT2D eigenvalue weighted by molar-refractivity contribution is 8.00. The van der Waals surface area contributed by atoms with Gasteiger partial charge >= 0.3 is 0 Å². The van der Waals surface area contributed by atoms with Gasteiger partial charge in [0, 0.05) is 16.3 Å². The molecule has 11 heteroatoms. The van der Waals surface area contributed by atoms with Gasteiger partial charge in [0.15, 0.2) is 5.16 Å². The molecular formula is C25H23ClN4O4S2. The zero-order chi connectivity index (χ0) is 25.8. The maximum Gasteiger partial charge on any atom is 0.291 e. The van der Waals surface area contributed by atoms with Gasteiger partial charge in [0.2, 0.25) is 5.91 Å².